The van der Waals surface area contributed by atoms with Gasteiger partial charge in [-0.25, -0.2) is 19.6 Å². The van der Waals surface area contributed by atoms with E-state index in [2.05, 4.69) is 49.8 Å². The van der Waals surface area contributed by atoms with Gasteiger partial charge in [0.05, 0.1) is 11.1 Å². The van der Waals surface area contributed by atoms with Crippen molar-refractivity contribution in [2.45, 2.75) is 13.5 Å². The van der Waals surface area contributed by atoms with Crippen molar-refractivity contribution in [3.05, 3.63) is 59.8 Å². The smallest absolute Gasteiger partial charge is 0.138 e. The summed E-state index contributed by atoms with van der Waals surface area (Å²) in [5.41, 5.74) is 3.34. The third-order valence-corrected chi connectivity index (χ3v) is 4.61. The van der Waals surface area contributed by atoms with Crippen LogP contribution in [0.4, 0.5) is 5.82 Å². The van der Waals surface area contributed by atoms with E-state index in [4.69, 9.17) is 0 Å². The summed E-state index contributed by atoms with van der Waals surface area (Å²) in [4.78, 5) is 13.7. The molecule has 0 aliphatic carbocycles. The minimum Gasteiger partial charge on any atom is -0.365 e. The molecule has 0 radical (unpaired) electrons. The second-order valence-corrected chi connectivity index (χ2v) is 6.04. The molecule has 0 saturated heterocycles. The molecule has 0 amide bonds. The van der Waals surface area contributed by atoms with Crippen molar-refractivity contribution in [2.75, 3.05) is 5.32 Å². The minimum atomic E-state index is 0.684. The molecule has 4 aromatic rings. The molecule has 7 heteroatoms. The lowest BCUT2D eigenvalue weighted by atomic mass is 10.2. The highest BCUT2D eigenvalue weighted by atomic mass is 32.1. The quantitative estimate of drug-likeness (QED) is 0.625. The second kappa shape index (κ2) is 5.77. The van der Waals surface area contributed by atoms with Crippen LogP contribution < -0.4 is 5.32 Å². The molecule has 114 valence electrons. The van der Waals surface area contributed by atoms with Crippen molar-refractivity contribution in [1.29, 1.82) is 0 Å². The molecule has 0 spiro atoms. The Bertz CT molecular complexity index is 944. The van der Waals surface area contributed by atoms with Crippen LogP contribution in [-0.4, -0.2) is 24.7 Å². The first-order valence-corrected chi connectivity index (χ1v) is 8.06. The third kappa shape index (κ3) is 2.66. The van der Waals surface area contributed by atoms with Gasteiger partial charge in [0.1, 0.15) is 29.6 Å². The van der Waals surface area contributed by atoms with E-state index in [1.807, 2.05) is 12.1 Å². The maximum absolute atomic E-state index is 4.38. The Morgan fingerprint density at radius 3 is 3.04 bits per heavy atom. The molecule has 23 heavy (non-hydrogen) atoms. The van der Waals surface area contributed by atoms with E-state index < -0.39 is 0 Å². The number of hydrogen-bond acceptors (Lipinski definition) is 6. The van der Waals surface area contributed by atoms with Crippen molar-refractivity contribution in [1.82, 2.24) is 24.7 Å². The first-order chi connectivity index (χ1) is 11.3. The highest BCUT2D eigenvalue weighted by Crippen LogP contribution is 2.28. The molecule has 4 rings (SSSR count). The molecule has 0 saturated carbocycles. The zero-order valence-electron chi connectivity index (χ0n) is 12.5. The largest absolute Gasteiger partial charge is 0.365 e. The van der Waals surface area contributed by atoms with E-state index >= 15 is 0 Å². The third-order valence-electron chi connectivity index (χ3n) is 3.61. The summed E-state index contributed by atoms with van der Waals surface area (Å²) in [6.07, 6.45) is 4.82. The summed E-state index contributed by atoms with van der Waals surface area (Å²) in [7, 11) is 0. The molecule has 0 atom stereocenters. The van der Waals surface area contributed by atoms with E-state index in [0.717, 1.165) is 27.3 Å². The van der Waals surface area contributed by atoms with Gasteiger partial charge in [-0.15, -0.1) is 11.3 Å². The van der Waals surface area contributed by atoms with Crippen LogP contribution in [0.3, 0.4) is 0 Å². The minimum absolute atomic E-state index is 0.684. The summed E-state index contributed by atoms with van der Waals surface area (Å²) in [6, 6.07) is 8.18. The molecule has 0 fully saturated rings. The topological polar surface area (TPSA) is 68.5 Å². The zero-order valence-corrected chi connectivity index (χ0v) is 13.3. The lowest BCUT2D eigenvalue weighted by Gasteiger charge is -2.09. The van der Waals surface area contributed by atoms with E-state index in [1.165, 1.54) is 11.9 Å². The van der Waals surface area contributed by atoms with E-state index in [9.17, 15) is 0 Å². The summed E-state index contributed by atoms with van der Waals surface area (Å²) in [5.74, 6) is 0.875. The Morgan fingerprint density at radius 2 is 2.17 bits per heavy atom. The van der Waals surface area contributed by atoms with Gasteiger partial charge in [-0.3, -0.25) is 0 Å². The van der Waals surface area contributed by atoms with E-state index in [0.29, 0.717) is 6.54 Å². The SMILES string of the molecule is Cc1csc2ncnc(NCc3cccc(-n4cncn4)c3)c12. The molecule has 0 unspecified atom stereocenters. The van der Waals surface area contributed by atoms with Crippen LogP contribution in [0.15, 0.2) is 48.6 Å². The average Bonchev–Trinajstić information content (AvgIpc) is 3.24. The Morgan fingerprint density at radius 1 is 1.22 bits per heavy atom. The Labute approximate surface area is 136 Å². The maximum Gasteiger partial charge on any atom is 0.138 e. The summed E-state index contributed by atoms with van der Waals surface area (Å²) in [6.45, 7) is 2.77. The van der Waals surface area contributed by atoms with Gasteiger partial charge in [0.15, 0.2) is 0 Å². The highest BCUT2D eigenvalue weighted by molar-refractivity contribution is 7.17. The van der Waals surface area contributed by atoms with Gasteiger partial charge >= 0.3 is 0 Å². The lowest BCUT2D eigenvalue weighted by molar-refractivity contribution is 0.876. The van der Waals surface area contributed by atoms with Crippen LogP contribution >= 0.6 is 11.3 Å². The van der Waals surface area contributed by atoms with Gasteiger partial charge in [-0.2, -0.15) is 5.10 Å². The van der Waals surface area contributed by atoms with Gasteiger partial charge in [0, 0.05) is 6.54 Å². The Hall–Kier alpha value is -2.80. The van der Waals surface area contributed by atoms with Crippen LogP contribution in [0, 0.1) is 6.92 Å². The number of aromatic nitrogens is 5. The number of anilines is 1. The van der Waals surface area contributed by atoms with Crippen LogP contribution in [0.25, 0.3) is 15.9 Å². The number of aryl methyl sites for hydroxylation is 1. The number of nitrogens with one attached hydrogen (secondary N) is 1. The molecular formula is C16H14N6S. The fourth-order valence-electron chi connectivity index (χ4n) is 2.49. The van der Waals surface area contributed by atoms with Gasteiger partial charge < -0.3 is 5.32 Å². The van der Waals surface area contributed by atoms with E-state index in [1.54, 1.807) is 28.7 Å². The fourth-order valence-corrected chi connectivity index (χ4v) is 3.38. The molecule has 3 heterocycles. The molecular weight excluding hydrogens is 308 g/mol. The van der Waals surface area contributed by atoms with Crippen molar-refractivity contribution in [3.63, 3.8) is 0 Å². The molecule has 3 aromatic heterocycles. The normalized spacial score (nSPS) is 11.0. The Kier molecular flexibility index (Phi) is 3.47. The van der Waals surface area contributed by atoms with E-state index in [-0.39, 0.29) is 0 Å². The zero-order chi connectivity index (χ0) is 15.6. The molecule has 0 bridgehead atoms. The van der Waals surface area contributed by atoms with Gasteiger partial charge in [0.2, 0.25) is 0 Å². The summed E-state index contributed by atoms with van der Waals surface area (Å²) < 4.78 is 1.75. The standard InChI is InChI=1S/C16H14N6S/c1-11-7-23-16-14(11)15(19-9-20-16)18-6-12-3-2-4-13(5-12)22-10-17-8-21-22/h2-5,7-10H,6H2,1H3,(H,18,19,20). The monoisotopic (exact) mass is 322 g/mol. The van der Waals surface area contributed by atoms with Crippen LogP contribution in [-0.2, 0) is 6.54 Å². The maximum atomic E-state index is 4.38. The van der Waals surface area contributed by atoms with Crippen LogP contribution in [0.2, 0.25) is 0 Å². The molecule has 0 aliphatic rings. The van der Waals surface area contributed by atoms with Crippen molar-refractivity contribution in [2.24, 2.45) is 0 Å². The number of benzene rings is 1. The van der Waals surface area contributed by atoms with Crippen LogP contribution in [0.1, 0.15) is 11.1 Å². The number of hydrogen-bond donors (Lipinski definition) is 1. The molecule has 6 nitrogen and oxygen atoms in total. The van der Waals surface area contributed by atoms with Crippen molar-refractivity contribution >= 4 is 27.4 Å². The summed E-state index contributed by atoms with van der Waals surface area (Å²) in [5, 5.41) is 10.8. The molecule has 1 aromatic carbocycles. The predicted octanol–water partition coefficient (Wildman–Crippen LogP) is 3.19. The molecule has 0 aliphatic heterocycles. The van der Waals surface area contributed by atoms with Crippen LogP contribution in [0.5, 0.6) is 0 Å². The van der Waals surface area contributed by atoms with Gasteiger partial charge in [-0.1, -0.05) is 12.1 Å². The Balaban J connectivity index is 1.59. The second-order valence-electron chi connectivity index (χ2n) is 5.18. The number of fused-ring (bicyclic) bond motifs is 1. The molecule has 1 N–H and O–H groups in total. The lowest BCUT2D eigenvalue weighted by Crippen LogP contribution is -2.03. The predicted molar refractivity (Wildman–Crippen MR) is 90.8 cm³/mol. The fraction of sp³-hybridized carbons (Fsp3) is 0.125. The number of rotatable bonds is 4. The number of nitrogens with zero attached hydrogens (tertiary/aromatic N) is 5. The van der Waals surface area contributed by atoms with Gasteiger partial charge in [-0.05, 0) is 35.6 Å². The van der Waals surface area contributed by atoms with Gasteiger partial charge in [0.25, 0.3) is 0 Å². The highest BCUT2D eigenvalue weighted by Gasteiger charge is 2.08. The summed E-state index contributed by atoms with van der Waals surface area (Å²) >= 11 is 1.64. The number of thiophene rings is 1. The van der Waals surface area contributed by atoms with Crippen molar-refractivity contribution in [3.8, 4) is 5.69 Å². The average molecular weight is 322 g/mol. The first kappa shape index (κ1) is 13.8. The van der Waals surface area contributed by atoms with Crippen molar-refractivity contribution < 1.29 is 0 Å². The first-order valence-electron chi connectivity index (χ1n) is 7.18.